The standard InChI is InChI=1S/C13H22N4O4/c1-3-5-6-14-11-10(21-8-7-18)9-15-12(16-11)17-13(19)20-4-2/h9,18H,3-8H2,1-2H3,(H2,14,15,16,17,19). The molecule has 21 heavy (non-hydrogen) atoms. The highest BCUT2D eigenvalue weighted by atomic mass is 16.5. The molecule has 0 saturated carbocycles. The highest BCUT2D eigenvalue weighted by Gasteiger charge is 2.10. The molecule has 0 bridgehead atoms. The second-order valence-electron chi connectivity index (χ2n) is 4.10. The first-order valence-electron chi connectivity index (χ1n) is 6.99. The Hall–Kier alpha value is -2.09. The molecule has 0 spiro atoms. The Morgan fingerprint density at radius 3 is 2.90 bits per heavy atom. The van der Waals surface area contributed by atoms with Gasteiger partial charge in [-0.2, -0.15) is 4.98 Å². The maximum absolute atomic E-state index is 11.3. The van der Waals surface area contributed by atoms with Crippen molar-refractivity contribution in [2.24, 2.45) is 0 Å². The molecule has 0 atom stereocenters. The van der Waals surface area contributed by atoms with Crippen LogP contribution in [0.5, 0.6) is 5.75 Å². The second kappa shape index (κ2) is 9.76. The van der Waals surface area contributed by atoms with Crippen LogP contribution in [0.1, 0.15) is 26.7 Å². The SMILES string of the molecule is CCCCNc1nc(NC(=O)OCC)ncc1OCCO. The average molecular weight is 298 g/mol. The monoisotopic (exact) mass is 298 g/mol. The summed E-state index contributed by atoms with van der Waals surface area (Å²) in [6.07, 6.45) is 2.85. The quantitative estimate of drug-likeness (QED) is 0.595. The molecule has 1 amide bonds. The summed E-state index contributed by atoms with van der Waals surface area (Å²) in [7, 11) is 0. The van der Waals surface area contributed by atoms with Gasteiger partial charge in [0.05, 0.1) is 19.4 Å². The van der Waals surface area contributed by atoms with E-state index in [9.17, 15) is 4.79 Å². The van der Waals surface area contributed by atoms with Gasteiger partial charge in [0, 0.05) is 6.54 Å². The lowest BCUT2D eigenvalue weighted by Crippen LogP contribution is -2.17. The number of aromatic nitrogens is 2. The number of unbranched alkanes of at least 4 members (excludes halogenated alkanes) is 1. The van der Waals surface area contributed by atoms with E-state index in [0.717, 1.165) is 19.4 Å². The fraction of sp³-hybridized carbons (Fsp3) is 0.615. The predicted octanol–water partition coefficient (Wildman–Crippen LogP) is 1.63. The van der Waals surface area contributed by atoms with Gasteiger partial charge in [-0.15, -0.1) is 0 Å². The van der Waals surface area contributed by atoms with Crippen LogP contribution >= 0.6 is 0 Å². The number of rotatable bonds is 9. The molecule has 0 aliphatic rings. The molecule has 1 heterocycles. The molecule has 0 aliphatic heterocycles. The van der Waals surface area contributed by atoms with E-state index < -0.39 is 6.09 Å². The van der Waals surface area contributed by atoms with Crippen LogP contribution in [0.4, 0.5) is 16.6 Å². The Labute approximate surface area is 123 Å². The Morgan fingerprint density at radius 2 is 2.24 bits per heavy atom. The van der Waals surface area contributed by atoms with E-state index in [1.807, 2.05) is 0 Å². The maximum atomic E-state index is 11.3. The van der Waals surface area contributed by atoms with Gasteiger partial charge in [-0.25, -0.2) is 9.78 Å². The topological polar surface area (TPSA) is 106 Å². The minimum absolute atomic E-state index is 0.1000. The van der Waals surface area contributed by atoms with Crippen molar-refractivity contribution in [3.8, 4) is 5.75 Å². The number of amides is 1. The first kappa shape index (κ1) is 17.0. The van der Waals surface area contributed by atoms with Crippen LogP contribution in [0.25, 0.3) is 0 Å². The first-order valence-corrected chi connectivity index (χ1v) is 6.99. The van der Waals surface area contributed by atoms with Crippen molar-refractivity contribution >= 4 is 17.9 Å². The fourth-order valence-electron chi connectivity index (χ4n) is 1.46. The summed E-state index contributed by atoms with van der Waals surface area (Å²) in [6.45, 7) is 4.84. The molecule has 1 aromatic heterocycles. The number of anilines is 2. The van der Waals surface area contributed by atoms with E-state index in [1.165, 1.54) is 6.20 Å². The normalized spacial score (nSPS) is 10.0. The number of nitrogens with one attached hydrogen (secondary N) is 2. The lowest BCUT2D eigenvalue weighted by molar-refractivity contribution is 0.167. The molecule has 118 valence electrons. The highest BCUT2D eigenvalue weighted by Crippen LogP contribution is 2.22. The molecule has 0 saturated heterocycles. The van der Waals surface area contributed by atoms with Crippen molar-refractivity contribution in [1.29, 1.82) is 0 Å². The van der Waals surface area contributed by atoms with Crippen LogP contribution < -0.4 is 15.4 Å². The fourth-order valence-corrected chi connectivity index (χ4v) is 1.46. The molecule has 0 fully saturated rings. The highest BCUT2D eigenvalue weighted by molar-refractivity contribution is 5.82. The summed E-state index contributed by atoms with van der Waals surface area (Å²) in [6, 6.07) is 0. The molecule has 8 heteroatoms. The number of carbonyl (C=O) groups is 1. The second-order valence-corrected chi connectivity index (χ2v) is 4.10. The molecule has 8 nitrogen and oxygen atoms in total. The minimum Gasteiger partial charge on any atom is -0.486 e. The van der Waals surface area contributed by atoms with Gasteiger partial charge >= 0.3 is 6.09 Å². The summed E-state index contributed by atoms with van der Waals surface area (Å²) < 4.78 is 10.1. The van der Waals surface area contributed by atoms with Gasteiger partial charge in [0.15, 0.2) is 11.6 Å². The third kappa shape index (κ3) is 6.26. The van der Waals surface area contributed by atoms with Crippen LogP contribution in [0.3, 0.4) is 0 Å². The lowest BCUT2D eigenvalue weighted by Gasteiger charge is -2.12. The largest absolute Gasteiger partial charge is 0.486 e. The van der Waals surface area contributed by atoms with Crippen LogP contribution in [0.2, 0.25) is 0 Å². The zero-order valence-corrected chi connectivity index (χ0v) is 12.4. The van der Waals surface area contributed by atoms with Crippen molar-refractivity contribution in [3.63, 3.8) is 0 Å². The van der Waals surface area contributed by atoms with Gasteiger partial charge in [0.25, 0.3) is 0 Å². The minimum atomic E-state index is -0.610. The van der Waals surface area contributed by atoms with Crippen molar-refractivity contribution in [3.05, 3.63) is 6.20 Å². The summed E-state index contributed by atoms with van der Waals surface area (Å²) in [5.74, 6) is 1.03. The number of nitrogens with zero attached hydrogens (tertiary/aromatic N) is 2. The Bertz CT molecular complexity index is 442. The van der Waals surface area contributed by atoms with E-state index >= 15 is 0 Å². The van der Waals surface area contributed by atoms with Crippen molar-refractivity contribution < 1.29 is 19.4 Å². The van der Waals surface area contributed by atoms with Crippen LogP contribution in [0, 0.1) is 0 Å². The van der Waals surface area contributed by atoms with E-state index in [4.69, 9.17) is 14.6 Å². The molecular formula is C13H22N4O4. The third-order valence-electron chi connectivity index (χ3n) is 2.42. The van der Waals surface area contributed by atoms with Crippen LogP contribution in [-0.2, 0) is 4.74 Å². The number of carbonyl (C=O) groups excluding carboxylic acids is 1. The third-order valence-corrected chi connectivity index (χ3v) is 2.42. The van der Waals surface area contributed by atoms with E-state index in [-0.39, 0.29) is 25.8 Å². The zero-order valence-electron chi connectivity index (χ0n) is 12.4. The first-order chi connectivity index (χ1) is 10.2. The van der Waals surface area contributed by atoms with E-state index in [1.54, 1.807) is 6.92 Å². The summed E-state index contributed by atoms with van der Waals surface area (Å²) in [4.78, 5) is 19.5. The maximum Gasteiger partial charge on any atom is 0.414 e. The smallest absolute Gasteiger partial charge is 0.414 e. The van der Waals surface area contributed by atoms with E-state index in [2.05, 4.69) is 27.5 Å². The predicted molar refractivity (Wildman–Crippen MR) is 78.7 cm³/mol. The summed E-state index contributed by atoms with van der Waals surface area (Å²) >= 11 is 0. The Balaban J connectivity index is 2.77. The van der Waals surface area contributed by atoms with E-state index in [0.29, 0.717) is 11.6 Å². The van der Waals surface area contributed by atoms with Crippen molar-refractivity contribution in [2.75, 3.05) is 37.0 Å². The van der Waals surface area contributed by atoms with Gasteiger partial charge in [0.1, 0.15) is 6.61 Å². The van der Waals surface area contributed by atoms with Gasteiger partial charge in [0.2, 0.25) is 5.95 Å². The van der Waals surface area contributed by atoms with Crippen molar-refractivity contribution in [2.45, 2.75) is 26.7 Å². The van der Waals surface area contributed by atoms with Crippen molar-refractivity contribution in [1.82, 2.24) is 9.97 Å². The lowest BCUT2D eigenvalue weighted by atomic mass is 10.3. The van der Waals surface area contributed by atoms with Crippen LogP contribution in [0.15, 0.2) is 6.20 Å². The number of hydrogen-bond acceptors (Lipinski definition) is 7. The summed E-state index contributed by atoms with van der Waals surface area (Å²) in [5.41, 5.74) is 0. The molecule has 3 N–H and O–H groups in total. The number of aliphatic hydroxyl groups is 1. The van der Waals surface area contributed by atoms with Gasteiger partial charge in [-0.05, 0) is 13.3 Å². The zero-order chi connectivity index (χ0) is 15.5. The molecular weight excluding hydrogens is 276 g/mol. The molecule has 0 aliphatic carbocycles. The number of aliphatic hydroxyl groups excluding tert-OH is 1. The Kier molecular flexibility index (Phi) is 7.88. The number of hydrogen-bond donors (Lipinski definition) is 3. The number of ether oxygens (including phenoxy) is 2. The molecule has 0 radical (unpaired) electrons. The Morgan fingerprint density at radius 1 is 1.43 bits per heavy atom. The van der Waals surface area contributed by atoms with Gasteiger partial charge in [-0.3, -0.25) is 5.32 Å². The average Bonchev–Trinajstić information content (AvgIpc) is 2.47. The molecule has 0 aromatic carbocycles. The molecule has 1 aromatic rings. The molecule has 0 unspecified atom stereocenters. The van der Waals surface area contributed by atoms with Gasteiger partial charge in [-0.1, -0.05) is 13.3 Å². The molecule has 1 rings (SSSR count). The van der Waals surface area contributed by atoms with Gasteiger partial charge < -0.3 is 19.9 Å². The van der Waals surface area contributed by atoms with Crippen LogP contribution in [-0.4, -0.2) is 47.5 Å². The summed E-state index contributed by atoms with van der Waals surface area (Å²) in [5, 5.41) is 14.4.